The average molecular weight is 319 g/mol. The minimum Gasteiger partial charge on any atom is -0.129 e. The SMILES string of the molecule is C.CC.CC.CC.CC.CC.CC.CC.CC.CPC. The van der Waals surface area contributed by atoms with Crippen molar-refractivity contribution in [1.82, 2.24) is 0 Å². The highest BCUT2D eigenvalue weighted by atomic mass is 31.1. The highest BCUT2D eigenvalue weighted by Gasteiger charge is 1.33. The van der Waals surface area contributed by atoms with Gasteiger partial charge in [-0.15, -0.1) is 8.58 Å². The van der Waals surface area contributed by atoms with Gasteiger partial charge in [0.25, 0.3) is 0 Å². The van der Waals surface area contributed by atoms with Crippen LogP contribution in [0.3, 0.4) is 0 Å². The van der Waals surface area contributed by atoms with Crippen molar-refractivity contribution in [2.24, 2.45) is 0 Å². The van der Waals surface area contributed by atoms with E-state index in [1.54, 1.807) is 0 Å². The van der Waals surface area contributed by atoms with Crippen molar-refractivity contribution >= 4 is 8.58 Å². The molecular weight excluding hydrogens is 259 g/mol. The summed E-state index contributed by atoms with van der Waals surface area (Å²) in [6.45, 7) is 36.3. The molecule has 0 rings (SSSR count). The quantitative estimate of drug-likeness (QED) is 0.390. The number of rotatable bonds is 0. The molecule has 0 amide bonds. The third kappa shape index (κ3) is 30300. The van der Waals surface area contributed by atoms with E-state index in [2.05, 4.69) is 13.3 Å². The van der Waals surface area contributed by atoms with Crippen molar-refractivity contribution in [1.29, 1.82) is 0 Å². The van der Waals surface area contributed by atoms with Crippen molar-refractivity contribution < 1.29 is 0 Å². The fourth-order valence-corrected chi connectivity index (χ4v) is 0. The molecule has 140 valence electrons. The van der Waals surface area contributed by atoms with Gasteiger partial charge in [-0.25, -0.2) is 0 Å². The van der Waals surface area contributed by atoms with Crippen LogP contribution < -0.4 is 0 Å². The van der Waals surface area contributed by atoms with E-state index in [1.165, 1.54) is 0 Å². The van der Waals surface area contributed by atoms with Crippen LogP contribution in [-0.2, 0) is 0 Å². The maximum absolute atomic E-state index is 2.15. The first-order chi connectivity index (χ1) is 9.41. The van der Waals surface area contributed by atoms with Crippen LogP contribution in [0.15, 0.2) is 0 Å². The van der Waals surface area contributed by atoms with Crippen LogP contribution in [0.2, 0.25) is 0 Å². The largest absolute Gasteiger partial charge is 0.129 e. The molecule has 0 radical (unpaired) electrons. The summed E-state index contributed by atoms with van der Waals surface area (Å²) >= 11 is 0. The second-order valence-electron chi connectivity index (χ2n) is 0.500. The van der Waals surface area contributed by atoms with Gasteiger partial charge in [0.1, 0.15) is 0 Å². The maximum atomic E-state index is 2.15. The van der Waals surface area contributed by atoms with E-state index in [0.717, 1.165) is 8.58 Å². The highest BCUT2D eigenvalue weighted by molar-refractivity contribution is 7.35. The molecule has 0 nitrogen and oxygen atoms in total. The van der Waals surface area contributed by atoms with E-state index in [4.69, 9.17) is 0 Å². The van der Waals surface area contributed by atoms with Crippen molar-refractivity contribution in [2.45, 2.75) is 118 Å². The zero-order valence-electron chi connectivity index (χ0n) is 18.5. The standard InChI is InChI=1S/C2H7P.8C2H6.CH4/c1-3-2;8*1-2;/h3H,1-2H3;8*1-2H3;1H4. The van der Waals surface area contributed by atoms with Crippen LogP contribution in [0.4, 0.5) is 0 Å². The fourth-order valence-electron chi connectivity index (χ4n) is 0. The lowest BCUT2D eigenvalue weighted by atomic mass is 11.0. The molecule has 0 aromatic heterocycles. The van der Waals surface area contributed by atoms with Crippen molar-refractivity contribution in [3.63, 3.8) is 0 Å². The molecule has 0 aliphatic heterocycles. The fraction of sp³-hybridized carbons (Fsp3) is 1.00. The first-order valence-corrected chi connectivity index (χ1v) is 11.0. The Labute approximate surface area is 140 Å². The minimum atomic E-state index is 0. The van der Waals surface area contributed by atoms with Crippen molar-refractivity contribution in [2.75, 3.05) is 13.3 Å². The molecule has 0 heterocycles. The second-order valence-corrected chi connectivity index (χ2v) is 1.50. The molecule has 0 aliphatic carbocycles. The zero-order valence-corrected chi connectivity index (χ0v) is 19.5. The van der Waals surface area contributed by atoms with Gasteiger partial charge in [0.2, 0.25) is 0 Å². The van der Waals surface area contributed by atoms with Crippen LogP contribution >= 0.6 is 8.58 Å². The Hall–Kier alpha value is 0.430. The maximum Gasteiger partial charge on any atom is -0.0475 e. The molecule has 0 atom stereocenters. The smallest absolute Gasteiger partial charge is 0.0475 e. The Morgan fingerprint density at radius 2 is 0.300 bits per heavy atom. The second kappa shape index (κ2) is 3230. The Kier molecular flexibility index (Phi) is 11400. The normalized spacial score (nSPS) is 3.30. The van der Waals surface area contributed by atoms with Gasteiger partial charge in [-0.2, -0.15) is 0 Å². The molecule has 0 fully saturated rings. The molecule has 0 aromatic carbocycles. The van der Waals surface area contributed by atoms with Gasteiger partial charge in [-0.1, -0.05) is 118 Å². The van der Waals surface area contributed by atoms with Gasteiger partial charge >= 0.3 is 0 Å². The predicted octanol–water partition coefficient (Wildman–Crippen LogP) is 9.77. The summed E-state index contributed by atoms with van der Waals surface area (Å²) in [5.41, 5.74) is 0. The van der Waals surface area contributed by atoms with Gasteiger partial charge < -0.3 is 0 Å². The van der Waals surface area contributed by atoms with Crippen LogP contribution in [0, 0.1) is 0 Å². The van der Waals surface area contributed by atoms with Crippen LogP contribution in [0.5, 0.6) is 0 Å². The van der Waals surface area contributed by atoms with E-state index < -0.39 is 0 Å². The molecule has 0 saturated carbocycles. The molecule has 1 heteroatoms. The van der Waals surface area contributed by atoms with E-state index in [1.807, 2.05) is 111 Å². The third-order valence-corrected chi connectivity index (χ3v) is 0. The topological polar surface area (TPSA) is 0 Å². The molecule has 0 N–H and O–H groups in total. The van der Waals surface area contributed by atoms with E-state index in [0.29, 0.717) is 0 Å². The minimum absolute atomic E-state index is 0. The Bertz CT molecular complexity index is 5.73. The first kappa shape index (κ1) is 70.9. The summed E-state index contributed by atoms with van der Waals surface area (Å²) in [4.78, 5) is 0. The van der Waals surface area contributed by atoms with E-state index in [-0.39, 0.29) is 7.43 Å². The lowest BCUT2D eigenvalue weighted by molar-refractivity contribution is 1.50. The zero-order chi connectivity index (χ0) is 18.7. The summed E-state index contributed by atoms with van der Waals surface area (Å²) in [6.07, 6.45) is 0. The lowest BCUT2D eigenvalue weighted by Gasteiger charge is -1.50. The van der Waals surface area contributed by atoms with Crippen LogP contribution in [0.25, 0.3) is 0 Å². The first-order valence-electron chi connectivity index (χ1n) is 9.00. The van der Waals surface area contributed by atoms with Crippen molar-refractivity contribution in [3.05, 3.63) is 0 Å². The van der Waals surface area contributed by atoms with Gasteiger partial charge in [-0.3, -0.25) is 0 Å². The summed E-state index contributed by atoms with van der Waals surface area (Å²) in [7, 11) is 1.08. The Morgan fingerprint density at radius 3 is 0.300 bits per heavy atom. The monoisotopic (exact) mass is 318 g/mol. The summed E-state index contributed by atoms with van der Waals surface area (Å²) in [5.74, 6) is 0. The van der Waals surface area contributed by atoms with E-state index >= 15 is 0 Å². The van der Waals surface area contributed by atoms with Gasteiger partial charge in [0, 0.05) is 0 Å². The average Bonchev–Trinajstić information content (AvgIpc) is 2.62. The van der Waals surface area contributed by atoms with Crippen LogP contribution in [-0.4, -0.2) is 13.3 Å². The Balaban J connectivity index is -0.00000000703. The molecule has 0 aliphatic rings. The summed E-state index contributed by atoms with van der Waals surface area (Å²) in [6, 6.07) is 0. The van der Waals surface area contributed by atoms with Gasteiger partial charge in [0.05, 0.1) is 0 Å². The molecular formula is C19H59P. The molecule has 0 unspecified atom stereocenters. The molecule has 0 saturated heterocycles. The molecule has 0 aromatic rings. The highest BCUT2D eigenvalue weighted by Crippen LogP contribution is 1.84. The molecule has 20 heavy (non-hydrogen) atoms. The van der Waals surface area contributed by atoms with Gasteiger partial charge in [-0.05, 0) is 13.3 Å². The summed E-state index contributed by atoms with van der Waals surface area (Å²) < 4.78 is 0. The van der Waals surface area contributed by atoms with Crippen molar-refractivity contribution in [3.8, 4) is 0 Å². The predicted molar refractivity (Wildman–Crippen MR) is 118 cm³/mol. The molecule has 0 bridgehead atoms. The number of hydrogen-bond donors (Lipinski definition) is 0. The van der Waals surface area contributed by atoms with E-state index in [9.17, 15) is 0 Å². The number of hydrogen-bond acceptors (Lipinski definition) is 0. The summed E-state index contributed by atoms with van der Waals surface area (Å²) in [5, 5.41) is 0. The molecule has 0 spiro atoms. The third-order valence-electron chi connectivity index (χ3n) is 0. The van der Waals surface area contributed by atoms with Gasteiger partial charge in [0.15, 0.2) is 0 Å². The lowest BCUT2D eigenvalue weighted by Crippen LogP contribution is -1.18. The Morgan fingerprint density at radius 1 is 0.300 bits per heavy atom. The van der Waals surface area contributed by atoms with Crippen LogP contribution in [0.1, 0.15) is 118 Å².